The van der Waals surface area contributed by atoms with Gasteiger partial charge in [0.2, 0.25) is 0 Å². The highest BCUT2D eigenvalue weighted by Crippen LogP contribution is 2.78. The van der Waals surface area contributed by atoms with Crippen molar-refractivity contribution in [1.29, 1.82) is 0 Å². The van der Waals surface area contributed by atoms with E-state index in [1.165, 1.54) is 28.4 Å². The number of aliphatic hydroxyl groups is 10. The normalized spacial score (nSPS) is 52.0. The fourth-order valence-electron chi connectivity index (χ4n) is 26.2. The number of hydrogen-bond donors (Lipinski definition) is 10. The summed E-state index contributed by atoms with van der Waals surface area (Å²) >= 11 is 0. The van der Waals surface area contributed by atoms with E-state index < -0.39 is 56.9 Å². The Kier molecular flexibility index (Phi) is 20.3. The molecule has 0 amide bonds. The van der Waals surface area contributed by atoms with Gasteiger partial charge in [0, 0.05) is 126 Å². The Morgan fingerprint density at radius 1 is 0.347 bits per heavy atom. The molecule has 15 aliphatic rings. The Hall–Kier alpha value is -4.03. The first-order valence-electron chi connectivity index (χ1n) is 36.5. The van der Waals surface area contributed by atoms with Crippen LogP contribution in [-0.4, -0.2) is 236 Å². The van der Waals surface area contributed by atoms with Crippen LogP contribution < -0.4 is 0 Å². The summed E-state index contributed by atoms with van der Waals surface area (Å²) in [5, 5.41) is 102. The van der Waals surface area contributed by atoms with Crippen LogP contribution in [-0.2, 0) is 77.9 Å². The lowest BCUT2D eigenvalue weighted by atomic mass is 9.58. The molecule has 0 radical (unpaired) electrons. The Balaban J connectivity index is 0.000000120. The van der Waals surface area contributed by atoms with E-state index in [-0.39, 0.29) is 230 Å². The topological polar surface area (TPSA) is 383 Å². The zero-order chi connectivity index (χ0) is 73.8. The molecular weight excluding hydrogens is 1310 g/mol. The zero-order valence-electron chi connectivity index (χ0n) is 61.2. The summed E-state index contributed by atoms with van der Waals surface area (Å²) in [5.41, 5.74) is -2.20. The fourth-order valence-corrected chi connectivity index (χ4v) is 26.2. The minimum absolute atomic E-state index is 0.00655. The van der Waals surface area contributed by atoms with Gasteiger partial charge in [-0.3, -0.25) is 24.0 Å². The standard InChI is InChI=1S/C20H26O5.4C14H22O5/c1-19(10-21)15-13(16-18(17(15)23)25-11-20(16,19)2)8-14(22)24-9-12-6-4-3-5-7-12;3*1-13(5-15)9-7(4-8(16)18-3)10-12(11(9)17)19-6-14(10,13)2;1-13(5-15)9-7(4-8(17)18-3)10(12-11(9)19-12)14(13,2)6-16/h3-7,13,15-18,21,23H,8-11H2,1-2H3;3*7,9-12,15,17H,4-6H2,1-3H3;7,9-12,15-16H,4-6H2,1-3H3. The molecular formula is C76H114O25. The van der Waals surface area contributed by atoms with Crippen LogP contribution in [0.5, 0.6) is 0 Å². The fraction of sp³-hybridized carbons (Fsp3) is 0.855. The molecule has 15 fully saturated rings. The lowest BCUT2D eigenvalue weighted by molar-refractivity contribution is -0.147. The van der Waals surface area contributed by atoms with Crippen LogP contribution in [0, 0.1) is 143 Å². The first kappa shape index (κ1) is 76.6. The second-order valence-electron chi connectivity index (χ2n) is 35.3. The van der Waals surface area contributed by atoms with Crippen molar-refractivity contribution in [2.45, 2.75) is 169 Å². The second-order valence-corrected chi connectivity index (χ2v) is 35.3. The Labute approximate surface area is 592 Å². The van der Waals surface area contributed by atoms with E-state index in [1.807, 2.05) is 71.9 Å². The molecule has 25 heteroatoms. The predicted octanol–water partition coefficient (Wildman–Crippen LogP) is 2.52. The van der Waals surface area contributed by atoms with Crippen molar-refractivity contribution in [2.75, 3.05) is 94.5 Å². The van der Waals surface area contributed by atoms with Crippen molar-refractivity contribution in [3.8, 4) is 0 Å². The molecule has 10 bridgehead atoms. The van der Waals surface area contributed by atoms with Crippen molar-refractivity contribution in [2.24, 2.45) is 143 Å². The summed E-state index contributed by atoms with van der Waals surface area (Å²) in [5.74, 6) is -0.659. The number of methoxy groups -OCH3 is 4. The summed E-state index contributed by atoms with van der Waals surface area (Å²) in [4.78, 5) is 58.9. The van der Waals surface area contributed by atoms with Gasteiger partial charge in [0.05, 0.1) is 116 Å². The van der Waals surface area contributed by atoms with Crippen LogP contribution in [0.1, 0.15) is 107 Å². The van der Waals surface area contributed by atoms with E-state index in [2.05, 4.69) is 27.7 Å². The molecule has 1 aromatic rings. The number of carbonyl (C=O) groups excluding carboxylic acids is 5. The molecule has 10 aliphatic carbocycles. The lowest BCUT2D eigenvalue weighted by Gasteiger charge is -2.46. The average Bonchev–Trinajstić information content (AvgIpc) is 1.51. The molecule has 16 rings (SSSR count). The maximum absolute atomic E-state index is 12.4. The first-order valence-corrected chi connectivity index (χ1v) is 36.5. The van der Waals surface area contributed by atoms with Crippen LogP contribution >= 0.6 is 0 Å². The summed E-state index contributed by atoms with van der Waals surface area (Å²) in [6.07, 6.45) is -1.36. The summed E-state index contributed by atoms with van der Waals surface area (Å²) in [6, 6.07) is 9.61. The smallest absolute Gasteiger partial charge is 0.306 e. The van der Waals surface area contributed by atoms with E-state index in [0.29, 0.717) is 52.1 Å². The summed E-state index contributed by atoms with van der Waals surface area (Å²) in [7, 11) is 5.54. The third-order valence-electron chi connectivity index (χ3n) is 32.4. The Morgan fingerprint density at radius 2 is 0.584 bits per heavy atom. The van der Waals surface area contributed by atoms with Gasteiger partial charge < -0.3 is 98.4 Å². The second kappa shape index (κ2) is 26.7. The van der Waals surface area contributed by atoms with Gasteiger partial charge in [-0.15, -0.1) is 0 Å². The highest BCUT2D eigenvalue weighted by Gasteiger charge is 2.83. The van der Waals surface area contributed by atoms with Crippen LogP contribution in [0.2, 0.25) is 0 Å². The van der Waals surface area contributed by atoms with Crippen LogP contribution in [0.25, 0.3) is 0 Å². The number of rotatable bonds is 18. The first-order chi connectivity index (χ1) is 47.6. The van der Waals surface area contributed by atoms with E-state index in [0.717, 1.165) is 5.56 Å². The number of benzene rings is 1. The average molecular weight is 1430 g/mol. The molecule has 34 unspecified atom stereocenters. The maximum atomic E-state index is 12.4. The van der Waals surface area contributed by atoms with Crippen LogP contribution in [0.15, 0.2) is 30.3 Å². The number of hydrogen-bond acceptors (Lipinski definition) is 25. The monoisotopic (exact) mass is 1430 g/mol. The van der Waals surface area contributed by atoms with Gasteiger partial charge in [0.25, 0.3) is 0 Å². The Morgan fingerprint density at radius 3 is 0.822 bits per heavy atom. The molecule has 1 aromatic carbocycles. The van der Waals surface area contributed by atoms with Gasteiger partial charge in [-0.2, -0.15) is 0 Å². The van der Waals surface area contributed by atoms with Crippen LogP contribution in [0.3, 0.4) is 0 Å². The van der Waals surface area contributed by atoms with Crippen molar-refractivity contribution in [1.82, 2.24) is 0 Å². The van der Waals surface area contributed by atoms with Crippen molar-refractivity contribution >= 4 is 29.8 Å². The molecule has 101 heavy (non-hydrogen) atoms. The van der Waals surface area contributed by atoms with Crippen LogP contribution in [0.4, 0.5) is 0 Å². The molecule has 568 valence electrons. The van der Waals surface area contributed by atoms with E-state index in [9.17, 15) is 75.0 Å². The van der Waals surface area contributed by atoms with Gasteiger partial charge in [-0.25, -0.2) is 0 Å². The molecule has 10 saturated carbocycles. The highest BCUT2D eigenvalue weighted by atomic mass is 16.6. The van der Waals surface area contributed by atoms with E-state index in [1.54, 1.807) is 0 Å². The number of ether oxygens (including phenoxy) is 10. The zero-order valence-corrected chi connectivity index (χ0v) is 61.2. The number of epoxide rings is 1. The number of fused-ring (bicyclic) bond motifs is 9. The van der Waals surface area contributed by atoms with E-state index >= 15 is 0 Å². The molecule has 10 N–H and O–H groups in total. The molecule has 34 atom stereocenters. The van der Waals surface area contributed by atoms with Crippen molar-refractivity contribution in [3.63, 3.8) is 0 Å². The maximum Gasteiger partial charge on any atom is 0.306 e. The third kappa shape index (κ3) is 10.4. The van der Waals surface area contributed by atoms with Gasteiger partial charge in [0.1, 0.15) is 6.61 Å². The van der Waals surface area contributed by atoms with Crippen molar-refractivity contribution in [3.05, 3.63) is 35.9 Å². The highest BCUT2D eigenvalue weighted by molar-refractivity contribution is 5.72. The molecule has 0 spiro atoms. The molecule has 0 aromatic heterocycles. The third-order valence-corrected chi connectivity index (χ3v) is 32.4. The minimum Gasteiger partial charge on any atom is -0.469 e. The van der Waals surface area contributed by atoms with Crippen molar-refractivity contribution < 1.29 is 122 Å². The summed E-state index contributed by atoms with van der Waals surface area (Å²) < 4.78 is 53.5. The lowest BCUT2D eigenvalue weighted by Crippen LogP contribution is -2.51. The largest absolute Gasteiger partial charge is 0.469 e. The number of aliphatic hydroxyl groups excluding tert-OH is 10. The SMILES string of the molecule is CC1(CO)C2C(O)C3OCC1(C)C3C2CC(=O)OCc1ccccc1.COC(=O)CC1C2C(O)C3OCC(C)(C13)C2(C)CO.COC(=O)CC1C2C(O)C3OCC(C)(C13)C2(C)CO.COC(=O)CC1C2C(O)C3OCC(C)(C13)C2(C)CO.COC(=O)CC1C2C3OC3C1C(C)(CO)C2(C)CO. The predicted molar refractivity (Wildman–Crippen MR) is 355 cm³/mol. The van der Waals surface area contributed by atoms with Gasteiger partial charge in [-0.05, 0) is 94.3 Å². The molecule has 5 aliphatic heterocycles. The summed E-state index contributed by atoms with van der Waals surface area (Å²) in [6.45, 7) is 23.0. The van der Waals surface area contributed by atoms with Gasteiger partial charge in [-0.1, -0.05) is 99.6 Å². The Bertz CT molecular complexity index is 3050. The molecule has 5 saturated heterocycles. The minimum atomic E-state index is -0.621. The number of esters is 5. The number of carbonyl (C=O) groups is 5. The quantitative estimate of drug-likeness (QED) is 0.0573. The van der Waals surface area contributed by atoms with Gasteiger partial charge >= 0.3 is 29.8 Å². The molecule has 5 heterocycles. The molecule has 25 nitrogen and oxygen atoms in total. The van der Waals surface area contributed by atoms with E-state index in [4.69, 9.17) is 47.4 Å². The van der Waals surface area contributed by atoms with Gasteiger partial charge in [0.15, 0.2) is 0 Å².